The standard InChI is InChI=1S/C12H15NO3/c1-9-3-2-4-10(7-9)13-5-6-16-11(8-13)12(14)15/h2-4,7,11H,5-6,8H2,1H3,(H,14,15)/t11-/m1/s1. The Hall–Kier alpha value is -1.55. The van der Waals surface area contributed by atoms with Crippen molar-refractivity contribution in [3.8, 4) is 0 Å². The predicted octanol–water partition coefficient (Wildman–Crippen LogP) is 1.28. The molecule has 0 spiro atoms. The Kier molecular flexibility index (Phi) is 3.10. The molecular weight excluding hydrogens is 206 g/mol. The topological polar surface area (TPSA) is 49.8 Å². The van der Waals surface area contributed by atoms with E-state index in [2.05, 4.69) is 11.0 Å². The lowest BCUT2D eigenvalue weighted by Crippen LogP contribution is -2.46. The van der Waals surface area contributed by atoms with Gasteiger partial charge in [0.2, 0.25) is 0 Å². The molecule has 0 aromatic heterocycles. The van der Waals surface area contributed by atoms with Crippen LogP contribution in [0, 0.1) is 6.92 Å². The van der Waals surface area contributed by atoms with Crippen molar-refractivity contribution in [2.45, 2.75) is 13.0 Å². The van der Waals surface area contributed by atoms with Crippen molar-refractivity contribution in [3.05, 3.63) is 29.8 Å². The Morgan fingerprint density at radius 3 is 3.06 bits per heavy atom. The molecule has 0 saturated carbocycles. The first kappa shape index (κ1) is 11.0. The summed E-state index contributed by atoms with van der Waals surface area (Å²) in [5.41, 5.74) is 2.24. The Bertz CT molecular complexity index is 392. The van der Waals surface area contributed by atoms with E-state index in [1.807, 2.05) is 25.1 Å². The van der Waals surface area contributed by atoms with E-state index in [0.717, 1.165) is 12.2 Å². The second kappa shape index (κ2) is 4.53. The highest BCUT2D eigenvalue weighted by molar-refractivity contribution is 5.73. The number of carboxylic acids is 1. The number of anilines is 1. The average molecular weight is 221 g/mol. The maximum Gasteiger partial charge on any atom is 0.334 e. The van der Waals surface area contributed by atoms with Gasteiger partial charge in [-0.25, -0.2) is 4.79 Å². The molecule has 0 amide bonds. The fourth-order valence-electron chi connectivity index (χ4n) is 1.86. The fourth-order valence-corrected chi connectivity index (χ4v) is 1.86. The van der Waals surface area contributed by atoms with Gasteiger partial charge in [0.05, 0.1) is 13.2 Å². The third kappa shape index (κ3) is 2.33. The van der Waals surface area contributed by atoms with Crippen LogP contribution in [0.2, 0.25) is 0 Å². The van der Waals surface area contributed by atoms with Gasteiger partial charge in [0.15, 0.2) is 6.10 Å². The van der Waals surface area contributed by atoms with E-state index in [4.69, 9.17) is 9.84 Å². The van der Waals surface area contributed by atoms with Crippen LogP contribution in [0.5, 0.6) is 0 Å². The highest BCUT2D eigenvalue weighted by atomic mass is 16.5. The molecule has 1 atom stereocenters. The molecule has 16 heavy (non-hydrogen) atoms. The molecule has 0 bridgehead atoms. The van der Waals surface area contributed by atoms with Crippen LogP contribution < -0.4 is 4.90 Å². The summed E-state index contributed by atoms with van der Waals surface area (Å²) in [7, 11) is 0. The van der Waals surface area contributed by atoms with Gasteiger partial charge in [0.1, 0.15) is 0 Å². The number of carbonyl (C=O) groups is 1. The highest BCUT2D eigenvalue weighted by Gasteiger charge is 2.26. The molecular formula is C12H15NO3. The van der Waals surface area contributed by atoms with Crippen molar-refractivity contribution < 1.29 is 14.6 Å². The van der Waals surface area contributed by atoms with E-state index in [9.17, 15) is 4.79 Å². The molecule has 1 fully saturated rings. The summed E-state index contributed by atoms with van der Waals surface area (Å²) in [5.74, 6) is -0.891. The largest absolute Gasteiger partial charge is 0.479 e. The fraction of sp³-hybridized carbons (Fsp3) is 0.417. The van der Waals surface area contributed by atoms with Crippen molar-refractivity contribution in [1.82, 2.24) is 0 Å². The molecule has 1 aromatic carbocycles. The van der Waals surface area contributed by atoms with Crippen molar-refractivity contribution >= 4 is 11.7 Å². The number of aliphatic carboxylic acids is 1. The van der Waals surface area contributed by atoms with Gasteiger partial charge in [-0.05, 0) is 24.6 Å². The van der Waals surface area contributed by atoms with E-state index < -0.39 is 12.1 Å². The SMILES string of the molecule is Cc1cccc(N2CCO[C@@H](C(=O)O)C2)c1. The summed E-state index contributed by atoms with van der Waals surface area (Å²) in [6.07, 6.45) is -0.714. The minimum atomic E-state index is -0.891. The van der Waals surface area contributed by atoms with Gasteiger partial charge in [0.25, 0.3) is 0 Å². The van der Waals surface area contributed by atoms with E-state index in [0.29, 0.717) is 13.2 Å². The summed E-state index contributed by atoms with van der Waals surface area (Å²) < 4.78 is 5.18. The van der Waals surface area contributed by atoms with Gasteiger partial charge in [-0.2, -0.15) is 0 Å². The first-order valence-electron chi connectivity index (χ1n) is 5.33. The molecule has 1 aromatic rings. The molecule has 1 heterocycles. The van der Waals surface area contributed by atoms with Gasteiger partial charge in [0, 0.05) is 12.2 Å². The van der Waals surface area contributed by atoms with Crippen LogP contribution in [0.1, 0.15) is 5.56 Å². The number of rotatable bonds is 2. The molecule has 0 aliphatic carbocycles. The zero-order valence-corrected chi connectivity index (χ0v) is 9.22. The minimum Gasteiger partial charge on any atom is -0.479 e. The van der Waals surface area contributed by atoms with Crippen molar-refractivity contribution in [2.75, 3.05) is 24.6 Å². The summed E-state index contributed by atoms with van der Waals surface area (Å²) in [5, 5.41) is 8.91. The van der Waals surface area contributed by atoms with Crippen LogP contribution in [0.15, 0.2) is 24.3 Å². The van der Waals surface area contributed by atoms with Gasteiger partial charge in [-0.1, -0.05) is 12.1 Å². The van der Waals surface area contributed by atoms with Crippen LogP contribution in [0.4, 0.5) is 5.69 Å². The zero-order chi connectivity index (χ0) is 11.5. The summed E-state index contributed by atoms with van der Waals surface area (Å²) in [6, 6.07) is 8.07. The molecule has 0 radical (unpaired) electrons. The third-order valence-corrected chi connectivity index (χ3v) is 2.71. The molecule has 1 N–H and O–H groups in total. The third-order valence-electron chi connectivity index (χ3n) is 2.71. The zero-order valence-electron chi connectivity index (χ0n) is 9.22. The first-order chi connectivity index (χ1) is 7.66. The molecule has 0 unspecified atom stereocenters. The van der Waals surface area contributed by atoms with Crippen LogP contribution in [-0.2, 0) is 9.53 Å². The average Bonchev–Trinajstić information content (AvgIpc) is 2.29. The molecule has 4 nitrogen and oxygen atoms in total. The summed E-state index contributed by atoms with van der Waals surface area (Å²) >= 11 is 0. The highest BCUT2D eigenvalue weighted by Crippen LogP contribution is 2.18. The first-order valence-corrected chi connectivity index (χ1v) is 5.33. The van der Waals surface area contributed by atoms with Crippen LogP contribution in [-0.4, -0.2) is 36.9 Å². The van der Waals surface area contributed by atoms with E-state index in [1.54, 1.807) is 0 Å². The smallest absolute Gasteiger partial charge is 0.334 e. The lowest BCUT2D eigenvalue weighted by Gasteiger charge is -2.32. The molecule has 2 rings (SSSR count). The quantitative estimate of drug-likeness (QED) is 0.817. The number of nitrogens with zero attached hydrogens (tertiary/aromatic N) is 1. The Morgan fingerprint density at radius 2 is 2.38 bits per heavy atom. The number of aryl methyl sites for hydroxylation is 1. The molecule has 1 saturated heterocycles. The summed E-state index contributed by atoms with van der Waals surface area (Å²) in [4.78, 5) is 12.9. The molecule has 4 heteroatoms. The molecule has 1 aliphatic heterocycles. The van der Waals surface area contributed by atoms with Crippen LogP contribution >= 0.6 is 0 Å². The number of hydrogen-bond acceptors (Lipinski definition) is 3. The maximum atomic E-state index is 10.8. The lowest BCUT2D eigenvalue weighted by atomic mass is 10.2. The number of ether oxygens (including phenoxy) is 1. The van der Waals surface area contributed by atoms with E-state index in [1.165, 1.54) is 5.56 Å². The van der Waals surface area contributed by atoms with E-state index in [-0.39, 0.29) is 0 Å². The second-order valence-electron chi connectivity index (χ2n) is 3.98. The number of benzene rings is 1. The maximum absolute atomic E-state index is 10.8. The predicted molar refractivity (Wildman–Crippen MR) is 60.8 cm³/mol. The van der Waals surface area contributed by atoms with E-state index >= 15 is 0 Å². The minimum absolute atomic E-state index is 0.415. The Balaban J connectivity index is 2.12. The van der Waals surface area contributed by atoms with Crippen molar-refractivity contribution in [3.63, 3.8) is 0 Å². The van der Waals surface area contributed by atoms with Crippen LogP contribution in [0.25, 0.3) is 0 Å². The van der Waals surface area contributed by atoms with Crippen molar-refractivity contribution in [2.24, 2.45) is 0 Å². The second-order valence-corrected chi connectivity index (χ2v) is 3.98. The monoisotopic (exact) mass is 221 g/mol. The van der Waals surface area contributed by atoms with Crippen LogP contribution in [0.3, 0.4) is 0 Å². The lowest BCUT2D eigenvalue weighted by molar-refractivity contribution is -0.150. The van der Waals surface area contributed by atoms with Crippen molar-refractivity contribution in [1.29, 1.82) is 0 Å². The molecule has 1 aliphatic rings. The normalized spacial score (nSPS) is 20.8. The number of morpholine rings is 1. The number of hydrogen-bond donors (Lipinski definition) is 1. The Morgan fingerprint density at radius 1 is 1.56 bits per heavy atom. The summed E-state index contributed by atoms with van der Waals surface area (Å²) in [6.45, 7) is 3.65. The molecule has 86 valence electrons. The Labute approximate surface area is 94.4 Å². The number of carboxylic acid groups (broad SMARTS) is 1. The van der Waals surface area contributed by atoms with Gasteiger partial charge >= 0.3 is 5.97 Å². The van der Waals surface area contributed by atoms with Gasteiger partial charge in [-0.15, -0.1) is 0 Å². The van der Waals surface area contributed by atoms with Gasteiger partial charge < -0.3 is 14.7 Å². The van der Waals surface area contributed by atoms with Gasteiger partial charge in [-0.3, -0.25) is 0 Å².